The van der Waals surface area contributed by atoms with Gasteiger partial charge in [-0.05, 0) is 12.1 Å². The molecule has 2 heterocycles. The number of nitrogens with zero attached hydrogens (tertiary/aromatic N) is 3. The number of primary amides is 1. The number of aromatic nitrogens is 2. The number of carbonyl (C=O) groups excluding carboxylic acids is 1. The summed E-state index contributed by atoms with van der Waals surface area (Å²) < 4.78 is 3.94. The number of halogens is 2. The zero-order chi connectivity index (χ0) is 18.4. The lowest BCUT2D eigenvalue weighted by Crippen LogP contribution is -3.00. The van der Waals surface area contributed by atoms with Crippen LogP contribution in [0.15, 0.2) is 78.3 Å². The van der Waals surface area contributed by atoms with Gasteiger partial charge in [0.15, 0.2) is 31.7 Å². The van der Waals surface area contributed by atoms with Gasteiger partial charge in [0.2, 0.25) is 5.69 Å². The van der Waals surface area contributed by atoms with Gasteiger partial charge in [0.05, 0.1) is 0 Å². The molecular weight excluding hydrogens is 488 g/mol. The molecule has 0 aliphatic heterocycles. The zero-order valence-corrected chi connectivity index (χ0v) is 18.1. The van der Waals surface area contributed by atoms with Gasteiger partial charge >= 0.3 is 0 Å². The van der Waals surface area contributed by atoms with Crippen molar-refractivity contribution in [3.8, 4) is 0 Å². The van der Waals surface area contributed by atoms with E-state index in [0.717, 1.165) is 16.8 Å². The highest BCUT2D eigenvalue weighted by molar-refractivity contribution is 5.92. The Labute approximate surface area is 184 Å². The minimum absolute atomic E-state index is 0. The lowest BCUT2D eigenvalue weighted by molar-refractivity contribution is -0.694. The van der Waals surface area contributed by atoms with E-state index in [1.807, 2.05) is 57.9 Å². The molecule has 0 aliphatic carbocycles. The third-order valence-electron chi connectivity index (χ3n) is 4.12. The van der Waals surface area contributed by atoms with Gasteiger partial charge in [-0.15, -0.1) is 0 Å². The highest BCUT2D eigenvalue weighted by Crippen LogP contribution is 2.09. The van der Waals surface area contributed by atoms with Crippen LogP contribution in [0, 0.1) is 0 Å². The van der Waals surface area contributed by atoms with Crippen molar-refractivity contribution in [3.63, 3.8) is 0 Å². The Balaban J connectivity index is 0.00000196. The molecule has 1 amide bonds. The molecule has 1 aromatic carbocycles. The SMILES string of the molecule is NC(=O)c1ccc[n+](Cc2ccccc2C[n+]2ccccc2/C=N/O)c1.[Br-].[Br-]. The summed E-state index contributed by atoms with van der Waals surface area (Å²) in [6.45, 7) is 1.25. The van der Waals surface area contributed by atoms with Gasteiger partial charge in [-0.1, -0.05) is 29.4 Å². The van der Waals surface area contributed by atoms with Crippen LogP contribution in [0.2, 0.25) is 0 Å². The highest BCUT2D eigenvalue weighted by Gasteiger charge is 2.15. The Kier molecular flexibility index (Phi) is 9.47. The molecule has 0 bridgehead atoms. The molecule has 3 aromatic rings. The van der Waals surface area contributed by atoms with Gasteiger partial charge in [0.25, 0.3) is 5.91 Å². The van der Waals surface area contributed by atoms with E-state index in [1.165, 1.54) is 6.21 Å². The Bertz CT molecular complexity index is 964. The average molecular weight is 508 g/mol. The quantitative estimate of drug-likeness (QED) is 0.152. The Morgan fingerprint density at radius 2 is 1.64 bits per heavy atom. The highest BCUT2D eigenvalue weighted by atomic mass is 79.9. The van der Waals surface area contributed by atoms with Crippen LogP contribution in [0.5, 0.6) is 0 Å². The van der Waals surface area contributed by atoms with Crippen LogP contribution < -0.4 is 48.8 Å². The first-order valence-electron chi connectivity index (χ1n) is 8.19. The third kappa shape index (κ3) is 5.97. The first-order chi connectivity index (χ1) is 12.7. The summed E-state index contributed by atoms with van der Waals surface area (Å²) >= 11 is 0. The molecule has 3 N–H and O–H groups in total. The topological polar surface area (TPSA) is 83.4 Å². The minimum Gasteiger partial charge on any atom is -1.00 e. The monoisotopic (exact) mass is 506 g/mol. The van der Waals surface area contributed by atoms with Crippen molar-refractivity contribution in [1.82, 2.24) is 0 Å². The van der Waals surface area contributed by atoms with E-state index in [9.17, 15) is 4.79 Å². The number of hydrogen-bond donors (Lipinski definition) is 2. The van der Waals surface area contributed by atoms with Crippen molar-refractivity contribution >= 4 is 12.1 Å². The fourth-order valence-electron chi connectivity index (χ4n) is 2.82. The van der Waals surface area contributed by atoms with Crippen LogP contribution in [0.3, 0.4) is 0 Å². The molecule has 146 valence electrons. The zero-order valence-electron chi connectivity index (χ0n) is 15.0. The number of amides is 1. The summed E-state index contributed by atoms with van der Waals surface area (Å²) in [6, 6.07) is 17.3. The Morgan fingerprint density at radius 1 is 0.964 bits per heavy atom. The molecule has 0 atom stereocenters. The number of pyridine rings is 2. The van der Waals surface area contributed by atoms with Crippen molar-refractivity contribution in [1.29, 1.82) is 0 Å². The number of benzene rings is 1. The lowest BCUT2D eigenvalue weighted by Gasteiger charge is -2.06. The molecule has 0 radical (unpaired) electrons. The summed E-state index contributed by atoms with van der Waals surface area (Å²) in [6.07, 6.45) is 7.00. The maximum atomic E-state index is 11.4. The van der Waals surface area contributed by atoms with Crippen LogP contribution in [0.25, 0.3) is 0 Å². The van der Waals surface area contributed by atoms with Gasteiger partial charge in [-0.2, -0.15) is 9.13 Å². The van der Waals surface area contributed by atoms with Crippen LogP contribution in [-0.2, 0) is 13.1 Å². The number of nitrogens with two attached hydrogens (primary N) is 1. The summed E-state index contributed by atoms with van der Waals surface area (Å²) in [5, 5.41) is 12.0. The van der Waals surface area contributed by atoms with Crippen molar-refractivity contribution < 1.29 is 53.1 Å². The van der Waals surface area contributed by atoms with E-state index < -0.39 is 5.91 Å². The standard InChI is InChI=1S/C20H18N4O2.2BrH/c21-20(25)18-8-5-10-23(14-18)13-16-6-1-2-7-17(16)15-24-11-4-3-9-19(24)12-22-26;;/h1-12,14H,13,15H2,(H-,21,25);2*1H. The first kappa shape index (κ1) is 23.5. The molecule has 0 saturated heterocycles. The van der Waals surface area contributed by atoms with Gasteiger partial charge < -0.3 is 44.9 Å². The molecule has 0 spiro atoms. The lowest BCUT2D eigenvalue weighted by atomic mass is 10.1. The van der Waals surface area contributed by atoms with Crippen LogP contribution in [-0.4, -0.2) is 17.3 Å². The molecule has 8 heteroatoms. The molecule has 28 heavy (non-hydrogen) atoms. The third-order valence-corrected chi connectivity index (χ3v) is 4.12. The molecular formula is C20H20Br2N4O2. The minimum atomic E-state index is -0.444. The summed E-state index contributed by atoms with van der Waals surface area (Å²) in [5.41, 5.74) is 8.90. The summed E-state index contributed by atoms with van der Waals surface area (Å²) in [5.74, 6) is -0.444. The van der Waals surface area contributed by atoms with E-state index in [1.54, 1.807) is 12.3 Å². The molecule has 0 unspecified atom stereocenters. The molecule has 0 saturated carbocycles. The molecule has 0 aliphatic rings. The van der Waals surface area contributed by atoms with Crippen molar-refractivity contribution in [2.45, 2.75) is 13.1 Å². The van der Waals surface area contributed by atoms with E-state index >= 15 is 0 Å². The van der Waals surface area contributed by atoms with Gasteiger partial charge in [-0.3, -0.25) is 4.79 Å². The Morgan fingerprint density at radius 3 is 2.32 bits per heavy atom. The van der Waals surface area contributed by atoms with E-state index in [-0.39, 0.29) is 34.0 Å². The van der Waals surface area contributed by atoms with E-state index in [2.05, 4.69) is 17.3 Å². The maximum absolute atomic E-state index is 11.4. The number of oxime groups is 1. The normalized spacial score (nSPS) is 10.1. The predicted molar refractivity (Wildman–Crippen MR) is 95.8 cm³/mol. The van der Waals surface area contributed by atoms with Crippen molar-refractivity contribution in [2.75, 3.05) is 0 Å². The van der Waals surface area contributed by atoms with Crippen molar-refractivity contribution in [2.24, 2.45) is 10.9 Å². The largest absolute Gasteiger partial charge is 1.00 e. The number of rotatable bonds is 6. The van der Waals surface area contributed by atoms with Crippen LogP contribution >= 0.6 is 0 Å². The van der Waals surface area contributed by atoms with E-state index in [4.69, 9.17) is 10.9 Å². The van der Waals surface area contributed by atoms with Crippen molar-refractivity contribution in [3.05, 3.63) is 95.6 Å². The second kappa shape index (κ2) is 11.3. The molecule has 0 fully saturated rings. The average Bonchev–Trinajstić information content (AvgIpc) is 2.65. The fourth-order valence-corrected chi connectivity index (χ4v) is 2.82. The van der Waals surface area contributed by atoms with E-state index in [0.29, 0.717) is 18.7 Å². The smallest absolute Gasteiger partial charge is 0.254 e. The van der Waals surface area contributed by atoms with Gasteiger partial charge in [-0.25, -0.2) is 0 Å². The predicted octanol–water partition coefficient (Wildman–Crippen LogP) is -4.73. The molecule has 6 nitrogen and oxygen atoms in total. The molecule has 3 rings (SSSR count). The Hall–Kier alpha value is -2.58. The molecule has 2 aromatic heterocycles. The van der Waals surface area contributed by atoms with Gasteiger partial charge in [0, 0.05) is 29.3 Å². The van der Waals surface area contributed by atoms with Crippen LogP contribution in [0.1, 0.15) is 27.2 Å². The first-order valence-corrected chi connectivity index (χ1v) is 8.19. The van der Waals surface area contributed by atoms with Crippen LogP contribution in [0.4, 0.5) is 0 Å². The number of hydrogen-bond acceptors (Lipinski definition) is 3. The maximum Gasteiger partial charge on any atom is 0.254 e. The second-order valence-corrected chi connectivity index (χ2v) is 5.90. The van der Waals surface area contributed by atoms with Gasteiger partial charge in [0.1, 0.15) is 11.8 Å². The number of carbonyl (C=O) groups is 1. The summed E-state index contributed by atoms with van der Waals surface area (Å²) in [7, 11) is 0. The summed E-state index contributed by atoms with van der Waals surface area (Å²) in [4.78, 5) is 11.4. The fraction of sp³-hybridized carbons (Fsp3) is 0.100. The second-order valence-electron chi connectivity index (χ2n) is 5.90.